The Kier molecular flexibility index (Phi) is 5.58. The molecule has 1 rings (SSSR count). The highest BCUT2D eigenvalue weighted by molar-refractivity contribution is 7.90. The number of halogens is 2. The summed E-state index contributed by atoms with van der Waals surface area (Å²) in [5, 5.41) is 2.37. The highest BCUT2D eigenvalue weighted by Gasteiger charge is 2.16. The molecule has 8 heteroatoms. The van der Waals surface area contributed by atoms with E-state index in [2.05, 4.69) is 5.32 Å². The molecule has 0 aliphatic heterocycles. The number of carbonyl (C=O) groups is 1. The van der Waals surface area contributed by atoms with E-state index >= 15 is 0 Å². The van der Waals surface area contributed by atoms with E-state index < -0.39 is 33.4 Å². The second-order valence-electron chi connectivity index (χ2n) is 4.48. The van der Waals surface area contributed by atoms with Gasteiger partial charge in [-0.15, -0.1) is 0 Å². The summed E-state index contributed by atoms with van der Waals surface area (Å²) in [4.78, 5) is 11.6. The van der Waals surface area contributed by atoms with Gasteiger partial charge in [0.1, 0.15) is 21.5 Å². The summed E-state index contributed by atoms with van der Waals surface area (Å²) in [5.74, 6) is -2.26. The normalized spacial score (nSPS) is 13.0. The summed E-state index contributed by atoms with van der Waals surface area (Å²) in [6.45, 7) is -0.141. The summed E-state index contributed by atoms with van der Waals surface area (Å²) in [5.41, 5.74) is 5.64. The molecule has 0 bridgehead atoms. The predicted molar refractivity (Wildman–Crippen MR) is 70.5 cm³/mol. The van der Waals surface area contributed by atoms with Gasteiger partial charge < -0.3 is 11.1 Å². The number of hydrogen-bond acceptors (Lipinski definition) is 4. The molecule has 0 aliphatic carbocycles. The third kappa shape index (κ3) is 5.62. The number of rotatable bonds is 6. The van der Waals surface area contributed by atoms with Crippen LogP contribution < -0.4 is 11.1 Å². The van der Waals surface area contributed by atoms with E-state index in [9.17, 15) is 22.0 Å². The van der Waals surface area contributed by atoms with Gasteiger partial charge in [0.25, 0.3) is 0 Å². The minimum atomic E-state index is -3.19. The minimum absolute atomic E-state index is 0.0173. The zero-order valence-corrected chi connectivity index (χ0v) is 11.7. The van der Waals surface area contributed by atoms with Gasteiger partial charge in [-0.3, -0.25) is 4.79 Å². The highest BCUT2D eigenvalue weighted by atomic mass is 32.2. The van der Waals surface area contributed by atoms with Crippen LogP contribution in [0, 0.1) is 11.6 Å². The molecule has 0 heterocycles. The lowest BCUT2D eigenvalue weighted by atomic mass is 10.2. The van der Waals surface area contributed by atoms with Crippen molar-refractivity contribution >= 4 is 15.7 Å². The fourth-order valence-electron chi connectivity index (χ4n) is 1.45. The first-order valence-corrected chi connectivity index (χ1v) is 7.90. The molecule has 0 spiro atoms. The fourth-order valence-corrected chi connectivity index (χ4v) is 2.13. The standard InChI is InChI=1S/C12H16F2N2O3S/c1-20(18,19)5-4-11(15)12(17)16-7-8-2-3-9(13)6-10(8)14/h2-3,6,11H,4-5,7,15H2,1H3,(H,16,17). The molecule has 5 nitrogen and oxygen atoms in total. The van der Waals surface area contributed by atoms with Crippen molar-refractivity contribution in [1.29, 1.82) is 0 Å². The van der Waals surface area contributed by atoms with Gasteiger partial charge in [0.05, 0.1) is 11.8 Å². The Morgan fingerprint density at radius 3 is 2.60 bits per heavy atom. The largest absolute Gasteiger partial charge is 0.351 e. The molecular weight excluding hydrogens is 290 g/mol. The van der Waals surface area contributed by atoms with Crippen LogP contribution in [-0.2, 0) is 21.2 Å². The van der Waals surface area contributed by atoms with Crippen LogP contribution in [0.2, 0.25) is 0 Å². The number of nitrogens with two attached hydrogens (primary N) is 1. The van der Waals surface area contributed by atoms with Crippen molar-refractivity contribution in [2.24, 2.45) is 5.73 Å². The van der Waals surface area contributed by atoms with Crippen LogP contribution in [0.25, 0.3) is 0 Å². The third-order valence-corrected chi connectivity index (χ3v) is 3.58. The van der Waals surface area contributed by atoms with Crippen molar-refractivity contribution in [3.05, 3.63) is 35.4 Å². The number of nitrogens with one attached hydrogen (secondary N) is 1. The Balaban J connectivity index is 2.50. The van der Waals surface area contributed by atoms with Crippen molar-refractivity contribution in [3.63, 3.8) is 0 Å². The molecule has 3 N–H and O–H groups in total. The molecule has 1 aromatic carbocycles. The maximum atomic E-state index is 13.3. The molecule has 0 saturated heterocycles. The number of amides is 1. The lowest BCUT2D eigenvalue weighted by Crippen LogP contribution is -2.41. The summed E-state index contributed by atoms with van der Waals surface area (Å²) in [7, 11) is -3.19. The number of carbonyl (C=O) groups excluding carboxylic acids is 1. The Morgan fingerprint density at radius 1 is 1.40 bits per heavy atom. The molecule has 1 aromatic rings. The van der Waals surface area contributed by atoms with Crippen LogP contribution in [0.3, 0.4) is 0 Å². The Labute approximate surface area is 116 Å². The first kappa shape index (κ1) is 16.5. The number of benzene rings is 1. The van der Waals surface area contributed by atoms with Gasteiger partial charge in [0.2, 0.25) is 5.91 Å². The molecule has 1 amide bonds. The van der Waals surface area contributed by atoms with Gasteiger partial charge in [-0.05, 0) is 12.5 Å². The topological polar surface area (TPSA) is 89.3 Å². The number of sulfone groups is 1. The molecule has 0 aliphatic rings. The molecule has 1 unspecified atom stereocenters. The van der Waals surface area contributed by atoms with Crippen LogP contribution in [0.5, 0.6) is 0 Å². The molecule has 112 valence electrons. The van der Waals surface area contributed by atoms with Crippen molar-refractivity contribution in [2.45, 2.75) is 19.0 Å². The second kappa shape index (κ2) is 6.76. The summed E-state index contributed by atoms with van der Waals surface area (Å²) >= 11 is 0. The average Bonchev–Trinajstić information content (AvgIpc) is 2.33. The molecular formula is C12H16F2N2O3S. The molecule has 0 radical (unpaired) electrons. The van der Waals surface area contributed by atoms with Gasteiger partial charge in [-0.25, -0.2) is 17.2 Å². The van der Waals surface area contributed by atoms with Crippen LogP contribution in [0.1, 0.15) is 12.0 Å². The Bertz CT molecular complexity index is 590. The molecule has 0 saturated carbocycles. The van der Waals surface area contributed by atoms with Crippen molar-refractivity contribution < 1.29 is 22.0 Å². The lowest BCUT2D eigenvalue weighted by molar-refractivity contribution is -0.122. The monoisotopic (exact) mass is 306 g/mol. The van der Waals surface area contributed by atoms with Gasteiger partial charge in [0, 0.05) is 24.4 Å². The molecule has 0 fully saturated rings. The summed E-state index contributed by atoms with van der Waals surface area (Å²) in [6, 6.07) is 2.01. The number of hydrogen-bond donors (Lipinski definition) is 2. The molecule has 1 atom stereocenters. The van der Waals surface area contributed by atoms with Gasteiger partial charge in [0.15, 0.2) is 0 Å². The molecule has 0 aromatic heterocycles. The lowest BCUT2D eigenvalue weighted by Gasteiger charge is -2.12. The van der Waals surface area contributed by atoms with E-state index in [0.29, 0.717) is 6.07 Å². The summed E-state index contributed by atoms with van der Waals surface area (Å²) < 4.78 is 47.9. The fraction of sp³-hybridized carbons (Fsp3) is 0.417. The van der Waals surface area contributed by atoms with E-state index in [1.54, 1.807) is 0 Å². The first-order chi connectivity index (χ1) is 9.19. The predicted octanol–water partition coefficient (Wildman–Crippen LogP) is 0.343. The van der Waals surface area contributed by atoms with Crippen molar-refractivity contribution in [3.8, 4) is 0 Å². The van der Waals surface area contributed by atoms with Gasteiger partial charge in [-0.2, -0.15) is 0 Å². The van der Waals surface area contributed by atoms with Crippen molar-refractivity contribution in [2.75, 3.05) is 12.0 Å². The van der Waals surface area contributed by atoms with Gasteiger partial charge >= 0.3 is 0 Å². The van der Waals surface area contributed by atoms with Crippen molar-refractivity contribution in [1.82, 2.24) is 5.32 Å². The first-order valence-electron chi connectivity index (χ1n) is 5.84. The van der Waals surface area contributed by atoms with Crippen LogP contribution >= 0.6 is 0 Å². The Hall–Kier alpha value is -1.54. The van der Waals surface area contributed by atoms with Crippen LogP contribution in [0.4, 0.5) is 8.78 Å². The van der Waals surface area contributed by atoms with E-state index in [1.807, 2.05) is 0 Å². The second-order valence-corrected chi connectivity index (χ2v) is 6.74. The zero-order valence-electron chi connectivity index (χ0n) is 10.9. The van der Waals surface area contributed by atoms with E-state index in [1.165, 1.54) is 6.07 Å². The minimum Gasteiger partial charge on any atom is -0.351 e. The maximum absolute atomic E-state index is 13.3. The van der Waals surface area contributed by atoms with E-state index in [0.717, 1.165) is 12.3 Å². The van der Waals surface area contributed by atoms with Gasteiger partial charge in [-0.1, -0.05) is 6.07 Å². The van der Waals surface area contributed by atoms with Crippen LogP contribution in [-0.4, -0.2) is 32.4 Å². The maximum Gasteiger partial charge on any atom is 0.237 e. The van der Waals surface area contributed by atoms with Crippen LogP contribution in [0.15, 0.2) is 18.2 Å². The molecule has 20 heavy (non-hydrogen) atoms. The third-order valence-electron chi connectivity index (χ3n) is 2.60. The zero-order chi connectivity index (χ0) is 15.3. The Morgan fingerprint density at radius 2 is 2.05 bits per heavy atom. The van der Waals surface area contributed by atoms with E-state index in [4.69, 9.17) is 5.73 Å². The SMILES string of the molecule is CS(=O)(=O)CCC(N)C(=O)NCc1ccc(F)cc1F. The summed E-state index contributed by atoms with van der Waals surface area (Å²) in [6.07, 6.45) is 1.03. The quantitative estimate of drug-likeness (QED) is 0.793. The highest BCUT2D eigenvalue weighted by Crippen LogP contribution is 2.09. The van der Waals surface area contributed by atoms with E-state index in [-0.39, 0.29) is 24.3 Å². The average molecular weight is 306 g/mol. The smallest absolute Gasteiger partial charge is 0.237 e.